The number of anilines is 1. The highest BCUT2D eigenvalue weighted by Gasteiger charge is 2.53. The maximum atomic E-state index is 11.9. The van der Waals surface area contributed by atoms with Crippen molar-refractivity contribution < 1.29 is 14.4 Å². The molecule has 0 unspecified atom stereocenters. The van der Waals surface area contributed by atoms with Gasteiger partial charge in [0.25, 0.3) is 11.6 Å². The SMILES string of the molecule is COc1ccc([C@@]2(O)C[N+]3=C(CCCCC3)N2c2ccc(C)cc2)cc1. The van der Waals surface area contributed by atoms with Crippen molar-refractivity contribution in [2.24, 2.45) is 0 Å². The molecule has 0 bridgehead atoms. The van der Waals surface area contributed by atoms with Crippen molar-refractivity contribution in [1.29, 1.82) is 0 Å². The third-order valence-corrected chi connectivity index (χ3v) is 5.58. The van der Waals surface area contributed by atoms with E-state index < -0.39 is 5.72 Å². The van der Waals surface area contributed by atoms with E-state index in [1.807, 2.05) is 24.3 Å². The molecule has 2 aliphatic rings. The molecule has 0 saturated heterocycles. The smallest absolute Gasteiger partial charge is 0.275 e. The molecule has 0 radical (unpaired) electrons. The van der Waals surface area contributed by atoms with Gasteiger partial charge >= 0.3 is 0 Å². The van der Waals surface area contributed by atoms with Crippen LogP contribution in [0, 0.1) is 6.92 Å². The number of rotatable bonds is 3. The van der Waals surface area contributed by atoms with E-state index in [0.717, 1.165) is 30.0 Å². The first-order valence-electron chi connectivity index (χ1n) is 9.46. The van der Waals surface area contributed by atoms with Crippen LogP contribution in [0.4, 0.5) is 5.69 Å². The van der Waals surface area contributed by atoms with Crippen molar-refractivity contribution in [2.75, 3.05) is 25.1 Å². The Bertz CT molecular complexity index is 811. The molecule has 4 nitrogen and oxygen atoms in total. The van der Waals surface area contributed by atoms with Gasteiger partial charge in [0.2, 0.25) is 0 Å². The lowest BCUT2D eigenvalue weighted by Gasteiger charge is -2.29. The van der Waals surface area contributed by atoms with Gasteiger partial charge in [0.15, 0.2) is 6.54 Å². The Kier molecular flexibility index (Phi) is 4.45. The van der Waals surface area contributed by atoms with Gasteiger partial charge in [0, 0.05) is 12.0 Å². The highest BCUT2D eigenvalue weighted by atomic mass is 16.5. The van der Waals surface area contributed by atoms with Crippen LogP contribution in [0.25, 0.3) is 0 Å². The summed E-state index contributed by atoms with van der Waals surface area (Å²) in [5.41, 5.74) is 2.12. The Morgan fingerprint density at radius 3 is 2.42 bits per heavy atom. The number of ether oxygens (including phenoxy) is 1. The summed E-state index contributed by atoms with van der Waals surface area (Å²) >= 11 is 0. The topological polar surface area (TPSA) is 35.7 Å². The number of hydrogen-bond acceptors (Lipinski definition) is 3. The molecular weight excluding hydrogens is 324 g/mol. The van der Waals surface area contributed by atoms with Crippen molar-refractivity contribution in [3.8, 4) is 5.75 Å². The van der Waals surface area contributed by atoms with E-state index in [4.69, 9.17) is 4.74 Å². The Labute approximate surface area is 155 Å². The lowest BCUT2D eigenvalue weighted by Crippen LogP contribution is -2.47. The van der Waals surface area contributed by atoms with E-state index in [2.05, 4.69) is 40.7 Å². The van der Waals surface area contributed by atoms with Crippen LogP contribution in [0.5, 0.6) is 5.75 Å². The monoisotopic (exact) mass is 351 g/mol. The van der Waals surface area contributed by atoms with Crippen LogP contribution in [-0.4, -0.2) is 35.7 Å². The predicted octanol–water partition coefficient (Wildman–Crippen LogP) is 3.65. The van der Waals surface area contributed by atoms with Crippen molar-refractivity contribution >= 4 is 11.5 Å². The molecule has 1 N–H and O–H groups in total. The van der Waals surface area contributed by atoms with Crippen LogP contribution >= 0.6 is 0 Å². The molecule has 0 aromatic heterocycles. The van der Waals surface area contributed by atoms with Crippen molar-refractivity contribution in [3.05, 3.63) is 59.7 Å². The maximum Gasteiger partial charge on any atom is 0.275 e. The summed E-state index contributed by atoms with van der Waals surface area (Å²) in [5.74, 6) is 2.05. The molecule has 0 fully saturated rings. The summed E-state index contributed by atoms with van der Waals surface area (Å²) in [6, 6.07) is 16.3. The van der Waals surface area contributed by atoms with Gasteiger partial charge in [0.05, 0.1) is 13.7 Å². The second-order valence-corrected chi connectivity index (χ2v) is 7.36. The highest BCUT2D eigenvalue weighted by Crippen LogP contribution is 2.38. The standard InChI is InChI=1S/C22H27N2O2/c1-17-7-11-19(12-8-17)24-21-6-4-3-5-15-23(21)16-22(24,25)18-9-13-20(26-2)14-10-18/h7-14,25H,3-6,15-16H2,1-2H3/q+1/t22-/m0/s1. The molecule has 1 atom stereocenters. The number of methoxy groups -OCH3 is 1. The zero-order valence-corrected chi connectivity index (χ0v) is 15.6. The van der Waals surface area contributed by atoms with Crippen molar-refractivity contribution in [2.45, 2.75) is 38.3 Å². The second kappa shape index (κ2) is 6.76. The van der Waals surface area contributed by atoms with E-state index in [9.17, 15) is 5.11 Å². The number of benzene rings is 2. The van der Waals surface area contributed by atoms with Gasteiger partial charge in [-0.3, -0.25) is 4.58 Å². The molecule has 26 heavy (non-hydrogen) atoms. The number of aliphatic hydroxyl groups is 1. The van der Waals surface area contributed by atoms with Gasteiger partial charge in [-0.05, 0) is 62.6 Å². The van der Waals surface area contributed by atoms with Gasteiger partial charge in [-0.15, -0.1) is 0 Å². The van der Waals surface area contributed by atoms with Gasteiger partial charge in [-0.2, -0.15) is 4.90 Å². The third kappa shape index (κ3) is 2.88. The minimum atomic E-state index is -1.06. The minimum absolute atomic E-state index is 0.600. The first kappa shape index (κ1) is 17.1. The first-order chi connectivity index (χ1) is 12.6. The Morgan fingerprint density at radius 2 is 1.73 bits per heavy atom. The molecule has 136 valence electrons. The van der Waals surface area contributed by atoms with Gasteiger partial charge < -0.3 is 9.84 Å². The average Bonchev–Trinajstić information content (AvgIpc) is 2.80. The van der Waals surface area contributed by atoms with Crippen LogP contribution < -0.4 is 9.64 Å². The molecule has 0 saturated carbocycles. The Morgan fingerprint density at radius 1 is 1.00 bits per heavy atom. The van der Waals surface area contributed by atoms with Gasteiger partial charge in [0.1, 0.15) is 11.4 Å². The van der Waals surface area contributed by atoms with Crippen LogP contribution in [0.2, 0.25) is 0 Å². The second-order valence-electron chi connectivity index (χ2n) is 7.36. The lowest BCUT2D eigenvalue weighted by molar-refractivity contribution is -0.534. The first-order valence-corrected chi connectivity index (χ1v) is 9.46. The van der Waals surface area contributed by atoms with E-state index in [1.54, 1.807) is 7.11 Å². The average molecular weight is 351 g/mol. The number of amidine groups is 1. The molecule has 2 heterocycles. The summed E-state index contributed by atoms with van der Waals surface area (Å²) in [7, 11) is 1.66. The number of aryl methyl sites for hydroxylation is 1. The fourth-order valence-electron chi connectivity index (χ4n) is 4.16. The van der Waals surface area contributed by atoms with Crippen molar-refractivity contribution in [1.82, 2.24) is 0 Å². The zero-order chi connectivity index (χ0) is 18.1. The summed E-state index contributed by atoms with van der Waals surface area (Å²) in [6.45, 7) is 3.70. The van der Waals surface area contributed by atoms with Crippen LogP contribution in [0.1, 0.15) is 36.8 Å². The van der Waals surface area contributed by atoms with Gasteiger partial charge in [-0.1, -0.05) is 17.7 Å². The van der Waals surface area contributed by atoms with E-state index in [0.29, 0.717) is 6.54 Å². The quantitative estimate of drug-likeness (QED) is 0.858. The van der Waals surface area contributed by atoms with Crippen LogP contribution in [-0.2, 0) is 5.72 Å². The fraction of sp³-hybridized carbons (Fsp3) is 0.409. The molecule has 2 aromatic carbocycles. The summed E-state index contributed by atoms with van der Waals surface area (Å²) < 4.78 is 7.66. The zero-order valence-electron chi connectivity index (χ0n) is 15.6. The molecule has 4 heteroatoms. The molecule has 2 aromatic rings. The lowest BCUT2D eigenvalue weighted by atomic mass is 9.99. The maximum absolute atomic E-state index is 11.9. The summed E-state index contributed by atoms with van der Waals surface area (Å²) in [4.78, 5) is 2.15. The predicted molar refractivity (Wildman–Crippen MR) is 104 cm³/mol. The number of hydrogen-bond donors (Lipinski definition) is 1. The molecule has 2 aliphatic heterocycles. The van der Waals surface area contributed by atoms with Gasteiger partial charge in [-0.25, -0.2) is 0 Å². The Hall–Kier alpha value is -2.33. The van der Waals surface area contributed by atoms with E-state index >= 15 is 0 Å². The van der Waals surface area contributed by atoms with Crippen LogP contribution in [0.3, 0.4) is 0 Å². The molecule has 0 amide bonds. The van der Waals surface area contributed by atoms with Crippen LogP contribution in [0.15, 0.2) is 48.5 Å². The normalized spacial score (nSPS) is 23.0. The van der Waals surface area contributed by atoms with E-state index in [-0.39, 0.29) is 0 Å². The molecular formula is C22H27N2O2+. The molecule has 4 rings (SSSR count). The minimum Gasteiger partial charge on any atom is -0.497 e. The summed E-state index contributed by atoms with van der Waals surface area (Å²) in [6.07, 6.45) is 4.62. The molecule has 0 spiro atoms. The molecule has 0 aliphatic carbocycles. The van der Waals surface area contributed by atoms with Crippen molar-refractivity contribution in [3.63, 3.8) is 0 Å². The largest absolute Gasteiger partial charge is 0.497 e. The highest BCUT2D eigenvalue weighted by molar-refractivity contribution is 5.97. The fourth-order valence-corrected chi connectivity index (χ4v) is 4.16. The van der Waals surface area contributed by atoms with E-state index in [1.165, 1.54) is 30.7 Å². The summed E-state index contributed by atoms with van der Waals surface area (Å²) in [5, 5.41) is 11.9. The Balaban J connectivity index is 1.80. The number of nitrogens with zero attached hydrogens (tertiary/aromatic N) is 2. The third-order valence-electron chi connectivity index (χ3n) is 5.58.